The molecule has 1 aliphatic carbocycles. The maximum absolute atomic E-state index is 14.3. The maximum Gasteiger partial charge on any atom is 0.202 e. The Labute approximate surface area is 208 Å². The number of halogens is 1. The molecular formula is C21H40FN5O9. The Kier molecular flexibility index (Phi) is 11.7. The molecule has 2 fully saturated rings. The van der Waals surface area contributed by atoms with Crippen LogP contribution in [0.25, 0.3) is 0 Å². The molecule has 0 amide bonds. The van der Waals surface area contributed by atoms with E-state index in [9.17, 15) is 35.0 Å². The second kappa shape index (κ2) is 13.8. The minimum Gasteiger partial charge on any atom is -0.510 e. The number of allylic oxidation sites excluding steroid dienone is 2. The van der Waals surface area contributed by atoms with E-state index < -0.39 is 74.2 Å². The Hall–Kier alpha value is -1.63. The second-order valence-corrected chi connectivity index (χ2v) is 8.99. The molecular weight excluding hydrogens is 485 g/mol. The predicted octanol–water partition coefficient (Wildman–Crippen LogP) is -3.81. The lowest BCUT2D eigenvalue weighted by Crippen LogP contribution is -2.61. The molecule has 2 rings (SSSR count). The largest absolute Gasteiger partial charge is 0.510 e. The van der Waals surface area contributed by atoms with Crippen molar-refractivity contribution < 1.29 is 49.2 Å². The van der Waals surface area contributed by atoms with E-state index in [1.807, 2.05) is 0 Å². The van der Waals surface area contributed by atoms with Crippen molar-refractivity contribution in [3.05, 3.63) is 23.2 Å². The van der Waals surface area contributed by atoms with E-state index in [1.165, 1.54) is 13.1 Å². The van der Waals surface area contributed by atoms with Crippen LogP contribution in [-0.2, 0) is 14.2 Å². The summed E-state index contributed by atoms with van der Waals surface area (Å²) < 4.78 is 30.2. The topological polar surface area (TPSA) is 265 Å². The lowest BCUT2D eigenvalue weighted by atomic mass is 9.85. The summed E-state index contributed by atoms with van der Waals surface area (Å²) in [6.45, 7) is -0.403. The molecule has 5 unspecified atom stereocenters. The maximum atomic E-state index is 14.3. The third-order valence-electron chi connectivity index (χ3n) is 6.26. The predicted molar refractivity (Wildman–Crippen MR) is 124 cm³/mol. The number of likely N-dealkylation sites (N-methyl/N-ethyl adjacent to an activating group) is 1. The second-order valence-electron chi connectivity index (χ2n) is 8.99. The summed E-state index contributed by atoms with van der Waals surface area (Å²) in [5.74, 6) is -0.319. The Morgan fingerprint density at radius 3 is 2.39 bits per heavy atom. The zero-order valence-corrected chi connectivity index (χ0v) is 20.1. The minimum absolute atomic E-state index is 0.0650. The van der Waals surface area contributed by atoms with Crippen molar-refractivity contribution in [1.29, 1.82) is 0 Å². The van der Waals surface area contributed by atoms with Gasteiger partial charge in [0.2, 0.25) is 6.29 Å². The number of rotatable bonds is 11. The van der Waals surface area contributed by atoms with Gasteiger partial charge < -0.3 is 73.1 Å². The molecule has 36 heavy (non-hydrogen) atoms. The van der Waals surface area contributed by atoms with Crippen molar-refractivity contribution >= 4 is 0 Å². The van der Waals surface area contributed by atoms with Crippen LogP contribution in [0.3, 0.4) is 0 Å². The molecule has 1 heterocycles. The molecule has 15 N–H and O–H groups in total. The van der Waals surface area contributed by atoms with Gasteiger partial charge in [0.25, 0.3) is 0 Å². The standard InChI is InChI=1S/C21H40FN5O9/c1-27-16(20(33)36-21-13(30)6-9(24)14(7-28)34-21)12(29)4-2-3-8(23)19(32)35-18-11(26)5-10(25)17(31)15(18)22/h3,9-11,13-15,17-21,27-33H,2,4-7,23-26H2,1H3/b8-3+,16-12+/t9-,10+,11?,13?,14?,15+,17?,18+,19+,20?,21+/m0/s1. The Bertz CT molecular complexity index is 763. The molecule has 15 heteroatoms. The van der Waals surface area contributed by atoms with Crippen LogP contribution >= 0.6 is 0 Å². The van der Waals surface area contributed by atoms with Crippen LogP contribution in [0.1, 0.15) is 25.7 Å². The third kappa shape index (κ3) is 7.69. The fraction of sp³-hybridized carbons (Fsp3) is 0.810. The average Bonchev–Trinajstić information content (AvgIpc) is 2.82. The highest BCUT2D eigenvalue weighted by molar-refractivity contribution is 5.10. The molecule has 0 bridgehead atoms. The van der Waals surface area contributed by atoms with Crippen molar-refractivity contribution in [2.24, 2.45) is 22.9 Å². The monoisotopic (exact) mass is 525 g/mol. The Morgan fingerprint density at radius 1 is 1.11 bits per heavy atom. The zero-order chi connectivity index (χ0) is 27.2. The number of hydrogen-bond donors (Lipinski definition) is 11. The first-order chi connectivity index (χ1) is 16.9. The number of nitrogens with two attached hydrogens (primary N) is 4. The number of alkyl halides is 1. The molecule has 0 radical (unpaired) electrons. The number of aliphatic hydroxyl groups is 6. The minimum atomic E-state index is -1.91. The molecule has 2 aliphatic rings. The van der Waals surface area contributed by atoms with Crippen LogP contribution in [0.15, 0.2) is 23.2 Å². The lowest BCUT2D eigenvalue weighted by Gasteiger charge is -2.39. The van der Waals surface area contributed by atoms with E-state index in [0.29, 0.717) is 0 Å². The number of aliphatic hydroxyl groups excluding tert-OH is 6. The average molecular weight is 526 g/mol. The number of ether oxygens (including phenoxy) is 3. The number of hydrogen-bond acceptors (Lipinski definition) is 14. The highest BCUT2D eigenvalue weighted by Gasteiger charge is 2.44. The van der Waals surface area contributed by atoms with Gasteiger partial charge in [-0.25, -0.2) is 4.39 Å². The fourth-order valence-corrected chi connectivity index (χ4v) is 4.08. The molecule has 0 aromatic carbocycles. The fourth-order valence-electron chi connectivity index (χ4n) is 4.08. The van der Waals surface area contributed by atoms with Gasteiger partial charge in [0.05, 0.1) is 18.4 Å². The first-order valence-electron chi connectivity index (χ1n) is 11.7. The molecule has 0 aromatic rings. The normalized spacial score (nSPS) is 38.3. The Balaban J connectivity index is 1.93. The molecule has 0 aromatic heterocycles. The molecule has 11 atom stereocenters. The van der Waals surface area contributed by atoms with E-state index in [4.69, 9.17) is 37.1 Å². The first-order valence-corrected chi connectivity index (χ1v) is 11.7. The van der Waals surface area contributed by atoms with Crippen LogP contribution < -0.4 is 28.3 Å². The van der Waals surface area contributed by atoms with Crippen LogP contribution in [0.5, 0.6) is 0 Å². The zero-order valence-electron chi connectivity index (χ0n) is 20.1. The summed E-state index contributed by atoms with van der Waals surface area (Å²) in [5.41, 5.74) is 22.7. The van der Waals surface area contributed by atoms with Crippen molar-refractivity contribution in [1.82, 2.24) is 5.32 Å². The molecule has 210 valence electrons. The molecule has 1 saturated carbocycles. The van der Waals surface area contributed by atoms with Crippen LogP contribution in [-0.4, -0.2) is 112 Å². The third-order valence-corrected chi connectivity index (χ3v) is 6.26. The number of nitrogens with one attached hydrogen (secondary N) is 1. The van der Waals surface area contributed by atoms with Crippen molar-refractivity contribution in [3.63, 3.8) is 0 Å². The highest BCUT2D eigenvalue weighted by atomic mass is 19.1. The van der Waals surface area contributed by atoms with Gasteiger partial charge >= 0.3 is 0 Å². The molecule has 1 aliphatic heterocycles. The summed E-state index contributed by atoms with van der Waals surface area (Å²) in [6, 6.07) is -2.32. The quantitative estimate of drug-likeness (QED) is 0.0912. The van der Waals surface area contributed by atoms with Gasteiger partial charge in [0.15, 0.2) is 18.8 Å². The SMILES string of the molecule is CN/C(=C(/O)CC/C=C(/N)[C@H](O)O[C@@H]1C(N)C[C@@H](N)C(O)[C@H]1F)C(O)O[C@H]1OC(CO)[C@@H](N)CC1O. The van der Waals surface area contributed by atoms with Crippen LogP contribution in [0.2, 0.25) is 0 Å². The molecule has 1 saturated heterocycles. The van der Waals surface area contributed by atoms with Gasteiger partial charge in [-0.1, -0.05) is 6.08 Å². The van der Waals surface area contributed by atoms with Crippen LogP contribution in [0, 0.1) is 0 Å². The van der Waals surface area contributed by atoms with E-state index in [1.54, 1.807) is 0 Å². The van der Waals surface area contributed by atoms with Crippen molar-refractivity contribution in [3.8, 4) is 0 Å². The summed E-state index contributed by atoms with van der Waals surface area (Å²) in [6.07, 6.45) is -9.92. The van der Waals surface area contributed by atoms with Gasteiger partial charge in [-0.05, 0) is 19.3 Å². The van der Waals surface area contributed by atoms with Crippen molar-refractivity contribution in [2.45, 2.75) is 93.3 Å². The summed E-state index contributed by atoms with van der Waals surface area (Å²) >= 11 is 0. The smallest absolute Gasteiger partial charge is 0.202 e. The summed E-state index contributed by atoms with van der Waals surface area (Å²) in [5, 5.41) is 62.8. The van der Waals surface area contributed by atoms with E-state index >= 15 is 0 Å². The van der Waals surface area contributed by atoms with Gasteiger partial charge in [-0.2, -0.15) is 0 Å². The summed E-state index contributed by atoms with van der Waals surface area (Å²) in [7, 11) is 1.42. The van der Waals surface area contributed by atoms with Crippen LogP contribution in [0.4, 0.5) is 4.39 Å². The molecule has 0 spiro atoms. The van der Waals surface area contributed by atoms with Gasteiger partial charge in [0, 0.05) is 31.6 Å². The van der Waals surface area contributed by atoms with Gasteiger partial charge in [0.1, 0.15) is 29.8 Å². The van der Waals surface area contributed by atoms with E-state index in [2.05, 4.69) is 5.32 Å². The first kappa shape index (κ1) is 30.6. The molecule has 14 nitrogen and oxygen atoms in total. The van der Waals surface area contributed by atoms with E-state index in [-0.39, 0.29) is 42.8 Å². The Morgan fingerprint density at radius 2 is 1.78 bits per heavy atom. The summed E-state index contributed by atoms with van der Waals surface area (Å²) in [4.78, 5) is 0. The van der Waals surface area contributed by atoms with E-state index in [0.717, 1.165) is 0 Å². The van der Waals surface area contributed by atoms with Gasteiger partial charge in [-0.3, -0.25) is 0 Å². The van der Waals surface area contributed by atoms with Crippen molar-refractivity contribution in [2.75, 3.05) is 13.7 Å². The van der Waals surface area contributed by atoms with Gasteiger partial charge in [-0.15, -0.1) is 0 Å². The lowest BCUT2D eigenvalue weighted by molar-refractivity contribution is -0.289. The highest BCUT2D eigenvalue weighted by Crippen LogP contribution is 2.25.